The van der Waals surface area contributed by atoms with E-state index in [1.807, 2.05) is 11.8 Å². The monoisotopic (exact) mass is 262 g/mol. The lowest BCUT2D eigenvalue weighted by atomic mass is 10.2. The lowest BCUT2D eigenvalue weighted by molar-refractivity contribution is 0.233. The minimum absolute atomic E-state index is 1.01. The van der Waals surface area contributed by atoms with Gasteiger partial charge in [0, 0.05) is 43.4 Å². The Hall–Kier alpha value is -0.510. The first-order valence-corrected chi connectivity index (χ1v) is 8.03. The quantitative estimate of drug-likeness (QED) is 0.821. The van der Waals surface area contributed by atoms with Gasteiger partial charge in [0.2, 0.25) is 0 Å². The number of nitrogens with zero attached hydrogens (tertiary/aromatic N) is 1. The molecule has 1 saturated carbocycles. The molecule has 2 aliphatic rings. The smallest absolute Gasteiger partial charge is 0.0234 e. The summed E-state index contributed by atoms with van der Waals surface area (Å²) in [6.07, 6.45) is 2.90. The highest BCUT2D eigenvalue weighted by Crippen LogP contribution is 2.35. The number of rotatable bonds is 5. The lowest BCUT2D eigenvalue weighted by Gasteiger charge is -2.27. The molecule has 1 aliphatic heterocycles. The molecule has 0 atom stereocenters. The largest absolute Gasteiger partial charge is 0.314 e. The van der Waals surface area contributed by atoms with Gasteiger partial charge in [-0.25, -0.2) is 0 Å². The Balaban J connectivity index is 1.49. The van der Waals surface area contributed by atoms with Crippen LogP contribution in [0, 0.1) is 5.92 Å². The maximum atomic E-state index is 3.40. The molecule has 18 heavy (non-hydrogen) atoms. The SMILES string of the molecule is c1cc(SCC2CC2)ccc1CN1CCNCC1. The number of thioether (sulfide) groups is 1. The molecule has 98 valence electrons. The molecule has 2 nitrogen and oxygen atoms in total. The molecule has 1 saturated heterocycles. The first-order valence-electron chi connectivity index (χ1n) is 7.05. The number of piperazine rings is 1. The Labute approximate surface area is 114 Å². The average Bonchev–Trinajstić information content (AvgIpc) is 3.23. The zero-order chi connectivity index (χ0) is 12.2. The van der Waals surface area contributed by atoms with Crippen molar-refractivity contribution in [2.75, 3.05) is 31.9 Å². The zero-order valence-electron chi connectivity index (χ0n) is 10.9. The van der Waals surface area contributed by atoms with Gasteiger partial charge in [0.15, 0.2) is 0 Å². The van der Waals surface area contributed by atoms with Crippen LogP contribution in [-0.2, 0) is 6.54 Å². The van der Waals surface area contributed by atoms with Crippen molar-refractivity contribution in [1.29, 1.82) is 0 Å². The van der Waals surface area contributed by atoms with E-state index in [1.54, 1.807) is 0 Å². The third-order valence-corrected chi connectivity index (χ3v) is 4.97. The van der Waals surface area contributed by atoms with Gasteiger partial charge in [-0.3, -0.25) is 4.90 Å². The maximum Gasteiger partial charge on any atom is 0.0234 e. The molecule has 3 heteroatoms. The number of hydrogen-bond donors (Lipinski definition) is 1. The summed E-state index contributed by atoms with van der Waals surface area (Å²) in [5, 5.41) is 3.40. The number of nitrogens with one attached hydrogen (secondary N) is 1. The highest BCUT2D eigenvalue weighted by molar-refractivity contribution is 7.99. The summed E-state index contributed by atoms with van der Waals surface area (Å²) in [7, 11) is 0. The van der Waals surface area contributed by atoms with Gasteiger partial charge in [0.05, 0.1) is 0 Å². The third kappa shape index (κ3) is 3.74. The normalized spacial score (nSPS) is 21.1. The zero-order valence-corrected chi connectivity index (χ0v) is 11.7. The van der Waals surface area contributed by atoms with E-state index in [4.69, 9.17) is 0 Å². The first-order chi connectivity index (χ1) is 8.90. The van der Waals surface area contributed by atoms with Crippen molar-refractivity contribution >= 4 is 11.8 Å². The second kappa shape index (κ2) is 6.09. The van der Waals surface area contributed by atoms with Crippen LogP contribution >= 0.6 is 11.8 Å². The summed E-state index contributed by atoms with van der Waals surface area (Å²) in [5.74, 6) is 2.33. The number of hydrogen-bond acceptors (Lipinski definition) is 3. The van der Waals surface area contributed by atoms with Crippen LogP contribution in [0.2, 0.25) is 0 Å². The fourth-order valence-electron chi connectivity index (χ4n) is 2.32. The van der Waals surface area contributed by atoms with Crippen molar-refractivity contribution in [3.8, 4) is 0 Å². The van der Waals surface area contributed by atoms with Crippen molar-refractivity contribution in [3.05, 3.63) is 29.8 Å². The summed E-state index contributed by atoms with van der Waals surface area (Å²) in [4.78, 5) is 3.97. The van der Waals surface area contributed by atoms with Gasteiger partial charge in [-0.05, 0) is 36.5 Å². The van der Waals surface area contributed by atoms with Crippen LogP contribution in [0.1, 0.15) is 18.4 Å². The molecular weight excluding hydrogens is 240 g/mol. The minimum atomic E-state index is 1.01. The molecule has 1 N–H and O–H groups in total. The van der Waals surface area contributed by atoms with Gasteiger partial charge < -0.3 is 5.32 Å². The Kier molecular flexibility index (Phi) is 4.24. The molecule has 1 aromatic rings. The Morgan fingerprint density at radius 3 is 2.50 bits per heavy atom. The van der Waals surface area contributed by atoms with Gasteiger partial charge in [0.1, 0.15) is 0 Å². The molecular formula is C15H22N2S. The van der Waals surface area contributed by atoms with E-state index in [0.29, 0.717) is 0 Å². The maximum absolute atomic E-state index is 3.40. The van der Waals surface area contributed by atoms with Gasteiger partial charge >= 0.3 is 0 Å². The fourth-order valence-corrected chi connectivity index (χ4v) is 3.41. The van der Waals surface area contributed by atoms with Gasteiger partial charge in [0.25, 0.3) is 0 Å². The Morgan fingerprint density at radius 2 is 1.83 bits per heavy atom. The second-order valence-electron chi connectivity index (χ2n) is 5.42. The third-order valence-electron chi connectivity index (χ3n) is 3.72. The van der Waals surface area contributed by atoms with Crippen molar-refractivity contribution < 1.29 is 0 Å². The van der Waals surface area contributed by atoms with Gasteiger partial charge in [-0.15, -0.1) is 11.8 Å². The van der Waals surface area contributed by atoms with Crippen LogP contribution in [0.5, 0.6) is 0 Å². The minimum Gasteiger partial charge on any atom is -0.314 e. The predicted molar refractivity (Wildman–Crippen MR) is 78.0 cm³/mol. The summed E-state index contributed by atoms with van der Waals surface area (Å²) < 4.78 is 0. The van der Waals surface area contributed by atoms with E-state index in [-0.39, 0.29) is 0 Å². The molecule has 0 radical (unpaired) electrons. The topological polar surface area (TPSA) is 15.3 Å². The van der Waals surface area contributed by atoms with Crippen LogP contribution in [-0.4, -0.2) is 36.8 Å². The standard InChI is InChI=1S/C15H22N2S/c1-2-14(1)12-18-15-5-3-13(4-6-15)11-17-9-7-16-8-10-17/h3-6,14,16H,1-2,7-12H2. The molecule has 0 aromatic heterocycles. The Bertz CT molecular complexity index is 367. The van der Waals surface area contributed by atoms with Crippen molar-refractivity contribution in [1.82, 2.24) is 10.2 Å². The lowest BCUT2D eigenvalue weighted by Crippen LogP contribution is -2.42. The van der Waals surface area contributed by atoms with Crippen LogP contribution in [0.4, 0.5) is 0 Å². The van der Waals surface area contributed by atoms with Crippen molar-refractivity contribution in [2.45, 2.75) is 24.3 Å². The van der Waals surface area contributed by atoms with E-state index in [1.165, 1.54) is 42.1 Å². The molecule has 1 aliphatic carbocycles. The van der Waals surface area contributed by atoms with Crippen LogP contribution in [0.15, 0.2) is 29.2 Å². The molecule has 0 spiro atoms. The molecule has 2 fully saturated rings. The highest BCUT2D eigenvalue weighted by atomic mass is 32.2. The molecule has 0 unspecified atom stereocenters. The molecule has 3 rings (SSSR count). The van der Waals surface area contributed by atoms with Gasteiger partial charge in [-0.1, -0.05) is 12.1 Å². The summed E-state index contributed by atoms with van der Waals surface area (Å²) in [6.45, 7) is 5.73. The van der Waals surface area contributed by atoms with E-state index in [9.17, 15) is 0 Å². The van der Waals surface area contributed by atoms with E-state index in [0.717, 1.165) is 25.6 Å². The second-order valence-corrected chi connectivity index (χ2v) is 6.52. The molecule has 1 heterocycles. The predicted octanol–water partition coefficient (Wildman–Crippen LogP) is 2.59. The van der Waals surface area contributed by atoms with Gasteiger partial charge in [-0.2, -0.15) is 0 Å². The average molecular weight is 262 g/mol. The molecule has 1 aromatic carbocycles. The van der Waals surface area contributed by atoms with Crippen molar-refractivity contribution in [3.63, 3.8) is 0 Å². The molecule has 0 bridgehead atoms. The van der Waals surface area contributed by atoms with Crippen LogP contribution in [0.25, 0.3) is 0 Å². The van der Waals surface area contributed by atoms with E-state index in [2.05, 4.69) is 34.5 Å². The van der Waals surface area contributed by atoms with Crippen LogP contribution < -0.4 is 5.32 Å². The number of benzene rings is 1. The van der Waals surface area contributed by atoms with Crippen LogP contribution in [0.3, 0.4) is 0 Å². The first kappa shape index (κ1) is 12.5. The van der Waals surface area contributed by atoms with E-state index >= 15 is 0 Å². The fraction of sp³-hybridized carbons (Fsp3) is 0.600. The molecule has 0 amide bonds. The van der Waals surface area contributed by atoms with E-state index < -0.39 is 0 Å². The summed E-state index contributed by atoms with van der Waals surface area (Å²) in [6, 6.07) is 9.20. The highest BCUT2D eigenvalue weighted by Gasteiger charge is 2.20. The summed E-state index contributed by atoms with van der Waals surface area (Å²) in [5.41, 5.74) is 1.45. The van der Waals surface area contributed by atoms with Crippen molar-refractivity contribution in [2.24, 2.45) is 5.92 Å². The summed E-state index contributed by atoms with van der Waals surface area (Å²) >= 11 is 2.02. The Morgan fingerprint density at radius 1 is 1.11 bits per heavy atom.